The first-order valence-electron chi connectivity index (χ1n) is 9.58. The van der Waals surface area contributed by atoms with Crippen molar-refractivity contribution in [2.45, 2.75) is 57.8 Å². The summed E-state index contributed by atoms with van der Waals surface area (Å²) in [7, 11) is 0. The van der Waals surface area contributed by atoms with Gasteiger partial charge in [0, 0.05) is 10.1 Å². The highest BCUT2D eigenvalue weighted by Crippen LogP contribution is 2.48. The second kappa shape index (κ2) is 7.40. The van der Waals surface area contributed by atoms with Crippen LogP contribution < -0.4 is 5.32 Å². The van der Waals surface area contributed by atoms with Gasteiger partial charge >= 0.3 is 0 Å². The van der Waals surface area contributed by atoms with Crippen LogP contribution in [-0.2, 0) is 0 Å². The third-order valence-electron chi connectivity index (χ3n) is 6.32. The number of fused-ring (bicyclic) bond motifs is 1. The van der Waals surface area contributed by atoms with E-state index in [2.05, 4.69) is 17.5 Å². The van der Waals surface area contributed by atoms with Crippen LogP contribution in [0.2, 0.25) is 0 Å². The lowest BCUT2D eigenvalue weighted by Gasteiger charge is -2.31. The minimum Gasteiger partial charge on any atom is -0.316 e. The number of halogens is 2. The molecule has 1 fully saturated rings. The number of allylic oxidation sites excluding steroid dienone is 7. The Hall–Kier alpha value is -0.500. The maximum absolute atomic E-state index is 6.41. The van der Waals surface area contributed by atoms with Gasteiger partial charge in [0.05, 0.1) is 0 Å². The fourth-order valence-electron chi connectivity index (χ4n) is 5.10. The number of hydrogen-bond donors (Lipinski definition) is 1. The van der Waals surface area contributed by atoms with Crippen LogP contribution >= 0.6 is 23.2 Å². The van der Waals surface area contributed by atoms with Gasteiger partial charge in [-0.25, -0.2) is 0 Å². The Bertz CT molecular complexity index is 630. The molecule has 2 atom stereocenters. The number of hydrogen-bond acceptors (Lipinski definition) is 1. The summed E-state index contributed by atoms with van der Waals surface area (Å²) in [5, 5.41) is 5.66. The molecule has 1 nitrogen and oxygen atoms in total. The fourth-order valence-corrected chi connectivity index (χ4v) is 5.52. The molecule has 0 aromatic heterocycles. The minimum atomic E-state index is 0.673. The van der Waals surface area contributed by atoms with Crippen LogP contribution in [0.1, 0.15) is 57.8 Å². The van der Waals surface area contributed by atoms with Crippen LogP contribution in [0.5, 0.6) is 0 Å². The van der Waals surface area contributed by atoms with Gasteiger partial charge in [-0.2, -0.15) is 0 Å². The molecule has 0 aromatic carbocycles. The Kier molecular flexibility index (Phi) is 5.22. The molecule has 1 N–H and O–H groups in total. The highest BCUT2D eigenvalue weighted by Gasteiger charge is 2.34. The molecule has 3 aliphatic carbocycles. The third-order valence-corrected chi connectivity index (χ3v) is 6.96. The zero-order valence-electron chi connectivity index (χ0n) is 14.3. The maximum atomic E-state index is 6.41. The molecule has 0 saturated carbocycles. The summed E-state index contributed by atoms with van der Waals surface area (Å²) >= 11 is 12.8. The van der Waals surface area contributed by atoms with E-state index in [9.17, 15) is 0 Å². The summed E-state index contributed by atoms with van der Waals surface area (Å²) in [6.45, 7) is 2.26. The molecule has 24 heavy (non-hydrogen) atoms. The van der Waals surface area contributed by atoms with Gasteiger partial charge in [-0.1, -0.05) is 34.9 Å². The van der Waals surface area contributed by atoms with E-state index in [-0.39, 0.29) is 0 Å². The van der Waals surface area contributed by atoms with Crippen LogP contribution in [-0.4, -0.2) is 13.1 Å². The molecule has 1 heterocycles. The zero-order chi connectivity index (χ0) is 16.5. The van der Waals surface area contributed by atoms with E-state index >= 15 is 0 Å². The van der Waals surface area contributed by atoms with Crippen LogP contribution in [0.4, 0.5) is 0 Å². The molecule has 130 valence electrons. The lowest BCUT2D eigenvalue weighted by molar-refractivity contribution is 0.348. The maximum Gasteiger partial charge on any atom is 0.0187 e. The van der Waals surface area contributed by atoms with Crippen molar-refractivity contribution < 1.29 is 0 Å². The second-order valence-electron chi connectivity index (χ2n) is 7.69. The molecule has 0 amide bonds. The Balaban J connectivity index is 1.81. The average Bonchev–Trinajstić information content (AvgIpc) is 2.87. The van der Waals surface area contributed by atoms with E-state index in [0.717, 1.165) is 54.8 Å². The van der Waals surface area contributed by atoms with E-state index in [1.165, 1.54) is 37.7 Å². The van der Waals surface area contributed by atoms with Crippen molar-refractivity contribution >= 4 is 23.2 Å². The third kappa shape index (κ3) is 3.41. The molecule has 0 aromatic rings. The van der Waals surface area contributed by atoms with E-state index in [1.807, 2.05) is 0 Å². The van der Waals surface area contributed by atoms with Crippen molar-refractivity contribution in [1.29, 1.82) is 0 Å². The topological polar surface area (TPSA) is 12.0 Å². The Morgan fingerprint density at radius 2 is 1.67 bits per heavy atom. The number of nitrogens with one attached hydrogen (secondary N) is 1. The van der Waals surface area contributed by atoms with Crippen LogP contribution in [0.25, 0.3) is 0 Å². The Morgan fingerprint density at radius 1 is 0.875 bits per heavy atom. The summed E-state index contributed by atoms with van der Waals surface area (Å²) in [6.07, 6.45) is 15.1. The van der Waals surface area contributed by atoms with E-state index in [4.69, 9.17) is 23.2 Å². The van der Waals surface area contributed by atoms with Gasteiger partial charge in [0.1, 0.15) is 0 Å². The summed E-state index contributed by atoms with van der Waals surface area (Å²) in [5.74, 6) is 1.44. The van der Waals surface area contributed by atoms with Crippen LogP contribution in [0.3, 0.4) is 0 Å². The fraction of sp³-hybridized carbons (Fsp3) is 0.619. The second-order valence-corrected chi connectivity index (χ2v) is 8.66. The monoisotopic (exact) mass is 363 g/mol. The summed E-state index contributed by atoms with van der Waals surface area (Å²) in [6, 6.07) is 0. The summed E-state index contributed by atoms with van der Waals surface area (Å²) in [5.41, 5.74) is 6.62. The zero-order valence-corrected chi connectivity index (χ0v) is 15.9. The van der Waals surface area contributed by atoms with Gasteiger partial charge in [-0.3, -0.25) is 0 Å². The first-order chi connectivity index (χ1) is 11.7. The summed E-state index contributed by atoms with van der Waals surface area (Å²) in [4.78, 5) is 0. The molecule has 0 bridgehead atoms. The van der Waals surface area contributed by atoms with Crippen molar-refractivity contribution in [3.8, 4) is 0 Å². The average molecular weight is 364 g/mol. The number of rotatable bonds is 0. The predicted molar refractivity (Wildman–Crippen MR) is 103 cm³/mol. The molecule has 2 unspecified atom stereocenters. The Labute approximate surface area is 155 Å². The lowest BCUT2D eigenvalue weighted by atomic mass is 9.75. The van der Waals surface area contributed by atoms with Crippen molar-refractivity contribution in [1.82, 2.24) is 5.32 Å². The molecule has 4 aliphatic rings. The molecular formula is C21H27Cl2N. The van der Waals surface area contributed by atoms with Crippen molar-refractivity contribution in [2.24, 2.45) is 11.8 Å². The van der Waals surface area contributed by atoms with Crippen molar-refractivity contribution in [3.63, 3.8) is 0 Å². The van der Waals surface area contributed by atoms with Gasteiger partial charge in [0.25, 0.3) is 0 Å². The highest BCUT2D eigenvalue weighted by atomic mass is 35.5. The van der Waals surface area contributed by atoms with Gasteiger partial charge < -0.3 is 5.32 Å². The quantitative estimate of drug-likeness (QED) is 0.539. The Morgan fingerprint density at radius 3 is 2.50 bits per heavy atom. The van der Waals surface area contributed by atoms with Crippen LogP contribution in [0, 0.1) is 11.8 Å². The van der Waals surface area contributed by atoms with E-state index in [0.29, 0.717) is 5.92 Å². The first-order valence-corrected chi connectivity index (χ1v) is 10.3. The molecule has 1 saturated heterocycles. The number of piperidine rings is 1. The normalized spacial score (nSPS) is 31.6. The standard InChI is InChI=1S/C21H27Cl2N/c22-17-4-3-14-1-2-16-13-18(23)6-8-20(16)21(19(14)7-5-17)15-9-11-24-12-10-15/h5,13-14,19,24H,1-4,6-12H2. The molecular weight excluding hydrogens is 337 g/mol. The van der Waals surface area contributed by atoms with Crippen LogP contribution in [0.15, 0.2) is 44.5 Å². The predicted octanol–water partition coefficient (Wildman–Crippen LogP) is 6.21. The van der Waals surface area contributed by atoms with Gasteiger partial charge in [0.2, 0.25) is 0 Å². The van der Waals surface area contributed by atoms with Gasteiger partial charge in [0.15, 0.2) is 0 Å². The SMILES string of the molecule is ClC1=CC2=C(CC1)C(=C1CCNCC1)C1CC=C(Cl)CCC1CC2. The van der Waals surface area contributed by atoms with E-state index < -0.39 is 0 Å². The molecule has 0 radical (unpaired) electrons. The van der Waals surface area contributed by atoms with Gasteiger partial charge in [-0.15, -0.1) is 0 Å². The molecule has 4 rings (SSSR count). The summed E-state index contributed by atoms with van der Waals surface area (Å²) < 4.78 is 0. The lowest BCUT2D eigenvalue weighted by Crippen LogP contribution is -2.26. The highest BCUT2D eigenvalue weighted by molar-refractivity contribution is 6.30. The van der Waals surface area contributed by atoms with Gasteiger partial charge in [-0.05, 0) is 106 Å². The van der Waals surface area contributed by atoms with E-state index in [1.54, 1.807) is 16.7 Å². The van der Waals surface area contributed by atoms with Crippen molar-refractivity contribution in [2.75, 3.05) is 13.1 Å². The first kappa shape index (κ1) is 16.9. The minimum absolute atomic E-state index is 0.673. The molecule has 1 aliphatic heterocycles. The smallest absolute Gasteiger partial charge is 0.0187 e. The molecule has 0 spiro atoms. The largest absolute Gasteiger partial charge is 0.316 e. The molecule has 3 heteroatoms. The van der Waals surface area contributed by atoms with Crippen molar-refractivity contribution in [3.05, 3.63) is 44.5 Å².